The van der Waals surface area contributed by atoms with Gasteiger partial charge in [0.05, 0.1) is 5.92 Å². The van der Waals surface area contributed by atoms with Crippen LogP contribution in [0.25, 0.3) is 0 Å². The highest BCUT2D eigenvalue weighted by atomic mass is 16.6. The Morgan fingerprint density at radius 2 is 1.94 bits per heavy atom. The van der Waals surface area contributed by atoms with Gasteiger partial charge in [-0.3, -0.25) is 0 Å². The normalized spacial score (nSPS) is 12.6. The molecule has 0 aliphatic rings. The maximum atomic E-state index is 11.5. The van der Waals surface area contributed by atoms with E-state index < -0.39 is 11.7 Å². The van der Waals surface area contributed by atoms with Gasteiger partial charge < -0.3 is 14.8 Å². The fraction of sp³-hybridized carbons (Fsp3) is 0.429. The van der Waals surface area contributed by atoms with Crippen LogP contribution in [-0.2, 0) is 9.53 Å². The number of nitrogens with one attached hydrogen (secondary N) is 1. The average molecular weight is 249 g/mol. The van der Waals surface area contributed by atoms with Crippen LogP contribution in [0.4, 0.5) is 4.79 Å². The summed E-state index contributed by atoms with van der Waals surface area (Å²) in [5.74, 6) is -0.348. The number of benzene rings is 1. The first kappa shape index (κ1) is 14.2. The molecule has 1 amide bonds. The third kappa shape index (κ3) is 4.99. The molecule has 18 heavy (non-hydrogen) atoms. The number of hydrogen-bond acceptors (Lipinski definition) is 3. The molecule has 0 fully saturated rings. The zero-order valence-corrected chi connectivity index (χ0v) is 11.0. The van der Waals surface area contributed by atoms with Gasteiger partial charge in [0.1, 0.15) is 11.9 Å². The van der Waals surface area contributed by atoms with Crippen molar-refractivity contribution >= 4 is 12.4 Å². The maximum absolute atomic E-state index is 11.5. The molecule has 98 valence electrons. The molecule has 1 rings (SSSR count). The average Bonchev–Trinajstić information content (AvgIpc) is 2.29. The van der Waals surface area contributed by atoms with Gasteiger partial charge in [0.15, 0.2) is 0 Å². The minimum absolute atomic E-state index is 0.239. The fourth-order valence-electron chi connectivity index (χ4n) is 1.45. The topological polar surface area (TPSA) is 55.4 Å². The second kappa shape index (κ2) is 6.19. The molecule has 0 aliphatic carbocycles. The van der Waals surface area contributed by atoms with Crippen molar-refractivity contribution in [1.29, 1.82) is 0 Å². The first-order chi connectivity index (χ1) is 8.42. The lowest BCUT2D eigenvalue weighted by Gasteiger charge is -2.20. The standard InChI is InChI=1S/C14H19NO3/c1-14(2,3)18-13(17)15-9-12(10-16)11-7-5-4-6-8-11/h4-8,10,12H,9H2,1-3H3,(H,15,17). The molecule has 4 heteroatoms. The van der Waals surface area contributed by atoms with Gasteiger partial charge in [0, 0.05) is 6.54 Å². The predicted molar refractivity (Wildman–Crippen MR) is 69.5 cm³/mol. The quantitative estimate of drug-likeness (QED) is 0.834. The van der Waals surface area contributed by atoms with Gasteiger partial charge in [-0.25, -0.2) is 4.79 Å². The molecule has 1 atom stereocenters. The molecule has 1 unspecified atom stereocenters. The van der Waals surface area contributed by atoms with E-state index >= 15 is 0 Å². The van der Waals surface area contributed by atoms with Gasteiger partial charge in [-0.1, -0.05) is 30.3 Å². The van der Waals surface area contributed by atoms with E-state index in [-0.39, 0.29) is 12.5 Å². The van der Waals surface area contributed by atoms with Crippen LogP contribution in [-0.4, -0.2) is 24.5 Å². The highest BCUT2D eigenvalue weighted by Gasteiger charge is 2.17. The minimum atomic E-state index is -0.534. The lowest BCUT2D eigenvalue weighted by Crippen LogP contribution is -2.35. The van der Waals surface area contributed by atoms with Crippen LogP contribution < -0.4 is 5.32 Å². The summed E-state index contributed by atoms with van der Waals surface area (Å²) in [6.45, 7) is 5.62. The third-order valence-electron chi connectivity index (χ3n) is 2.26. The molecule has 1 aromatic carbocycles. The number of amides is 1. The van der Waals surface area contributed by atoms with Crippen molar-refractivity contribution in [3.63, 3.8) is 0 Å². The molecule has 0 saturated heterocycles. The van der Waals surface area contributed by atoms with Gasteiger partial charge in [-0.15, -0.1) is 0 Å². The summed E-state index contributed by atoms with van der Waals surface area (Å²) in [5.41, 5.74) is 0.344. The number of ether oxygens (including phenoxy) is 1. The van der Waals surface area contributed by atoms with Crippen molar-refractivity contribution in [1.82, 2.24) is 5.32 Å². The molecular formula is C14H19NO3. The zero-order chi connectivity index (χ0) is 13.6. The van der Waals surface area contributed by atoms with E-state index in [9.17, 15) is 9.59 Å². The number of hydrogen-bond donors (Lipinski definition) is 1. The van der Waals surface area contributed by atoms with Gasteiger partial charge >= 0.3 is 6.09 Å². The third-order valence-corrected chi connectivity index (χ3v) is 2.26. The Balaban J connectivity index is 2.51. The maximum Gasteiger partial charge on any atom is 0.407 e. The van der Waals surface area contributed by atoms with E-state index in [1.165, 1.54) is 0 Å². The predicted octanol–water partition coefficient (Wildman–Crippen LogP) is 2.49. The number of aldehydes is 1. The van der Waals surface area contributed by atoms with Crippen LogP contribution in [0.5, 0.6) is 0 Å². The molecule has 1 N–H and O–H groups in total. The molecule has 0 aromatic heterocycles. The Kier molecular flexibility index (Phi) is 4.89. The Morgan fingerprint density at radius 1 is 1.33 bits per heavy atom. The first-order valence-corrected chi connectivity index (χ1v) is 5.89. The Morgan fingerprint density at radius 3 is 2.44 bits per heavy atom. The summed E-state index contributed by atoms with van der Waals surface area (Å²) < 4.78 is 5.10. The molecule has 0 aliphatic heterocycles. The van der Waals surface area contributed by atoms with Crippen molar-refractivity contribution in [2.45, 2.75) is 32.3 Å². The Hall–Kier alpha value is -1.84. The van der Waals surface area contributed by atoms with Gasteiger partial charge in [-0.05, 0) is 26.3 Å². The summed E-state index contributed by atoms with van der Waals surface area (Å²) in [5, 5.41) is 2.60. The van der Waals surface area contributed by atoms with Crippen molar-refractivity contribution in [2.75, 3.05) is 6.54 Å². The molecule has 0 heterocycles. The Bertz CT molecular complexity index is 395. The van der Waals surface area contributed by atoms with E-state index in [0.717, 1.165) is 11.8 Å². The minimum Gasteiger partial charge on any atom is -0.444 e. The number of rotatable bonds is 4. The van der Waals surface area contributed by atoms with Crippen molar-refractivity contribution < 1.29 is 14.3 Å². The SMILES string of the molecule is CC(C)(C)OC(=O)NCC(C=O)c1ccccc1. The van der Waals surface area contributed by atoms with E-state index in [0.29, 0.717) is 0 Å². The van der Waals surface area contributed by atoms with Crippen LogP contribution in [0, 0.1) is 0 Å². The largest absolute Gasteiger partial charge is 0.444 e. The van der Waals surface area contributed by atoms with Crippen LogP contribution in [0.3, 0.4) is 0 Å². The summed E-state index contributed by atoms with van der Waals surface area (Å²) in [7, 11) is 0. The molecule has 0 bridgehead atoms. The van der Waals surface area contributed by atoms with Crippen molar-refractivity contribution in [3.05, 3.63) is 35.9 Å². The second-order valence-corrected chi connectivity index (χ2v) is 5.04. The van der Waals surface area contributed by atoms with E-state index in [2.05, 4.69) is 5.32 Å². The summed E-state index contributed by atoms with van der Waals surface area (Å²) in [4.78, 5) is 22.5. The lowest BCUT2D eigenvalue weighted by molar-refractivity contribution is -0.109. The van der Waals surface area contributed by atoms with Gasteiger partial charge in [0.2, 0.25) is 0 Å². The van der Waals surface area contributed by atoms with Crippen LogP contribution in [0.2, 0.25) is 0 Å². The highest BCUT2D eigenvalue weighted by molar-refractivity contribution is 5.69. The summed E-state index contributed by atoms with van der Waals surface area (Å²) in [6.07, 6.45) is 0.317. The smallest absolute Gasteiger partial charge is 0.407 e. The Labute approximate surface area is 107 Å². The fourth-order valence-corrected chi connectivity index (χ4v) is 1.45. The first-order valence-electron chi connectivity index (χ1n) is 5.89. The van der Waals surface area contributed by atoms with E-state index in [1.54, 1.807) is 20.8 Å². The number of alkyl carbamates (subject to hydrolysis) is 1. The highest BCUT2D eigenvalue weighted by Crippen LogP contribution is 2.12. The molecule has 0 saturated carbocycles. The summed E-state index contributed by atoms with van der Waals surface area (Å²) >= 11 is 0. The van der Waals surface area contributed by atoms with Crippen LogP contribution >= 0.6 is 0 Å². The van der Waals surface area contributed by atoms with E-state index in [4.69, 9.17) is 4.74 Å². The molecular weight excluding hydrogens is 230 g/mol. The lowest BCUT2D eigenvalue weighted by atomic mass is 10.0. The van der Waals surface area contributed by atoms with Crippen LogP contribution in [0.15, 0.2) is 30.3 Å². The van der Waals surface area contributed by atoms with Gasteiger partial charge in [-0.2, -0.15) is 0 Å². The number of carbonyl (C=O) groups is 2. The molecule has 0 spiro atoms. The summed E-state index contributed by atoms with van der Waals surface area (Å²) in [6, 6.07) is 9.32. The molecule has 1 aromatic rings. The second-order valence-electron chi connectivity index (χ2n) is 5.04. The monoisotopic (exact) mass is 249 g/mol. The van der Waals surface area contributed by atoms with Crippen LogP contribution in [0.1, 0.15) is 32.3 Å². The van der Waals surface area contributed by atoms with Gasteiger partial charge in [0.25, 0.3) is 0 Å². The van der Waals surface area contributed by atoms with Crippen molar-refractivity contribution in [2.24, 2.45) is 0 Å². The molecule has 4 nitrogen and oxygen atoms in total. The molecule has 0 radical (unpaired) electrons. The number of carbonyl (C=O) groups excluding carboxylic acids is 2. The zero-order valence-electron chi connectivity index (χ0n) is 11.0. The van der Waals surface area contributed by atoms with E-state index in [1.807, 2.05) is 30.3 Å². The van der Waals surface area contributed by atoms with Crippen molar-refractivity contribution in [3.8, 4) is 0 Å².